The Balaban J connectivity index is 2.20. The van der Waals surface area contributed by atoms with E-state index in [0.29, 0.717) is 19.6 Å². The molecule has 0 atom stereocenters. The first-order valence-electron chi connectivity index (χ1n) is 5.88. The van der Waals surface area contributed by atoms with E-state index in [9.17, 15) is 13.6 Å². The van der Waals surface area contributed by atoms with Crippen LogP contribution in [-0.2, 0) is 0 Å². The molecule has 0 saturated carbocycles. The topological polar surface area (TPSA) is 32.3 Å². The second-order valence-corrected chi connectivity index (χ2v) is 5.20. The molecule has 0 aliphatic carbocycles. The van der Waals surface area contributed by atoms with Crippen LogP contribution in [-0.4, -0.2) is 36.0 Å². The van der Waals surface area contributed by atoms with E-state index >= 15 is 0 Å². The normalized spacial score (nSPS) is 18.8. The van der Waals surface area contributed by atoms with Gasteiger partial charge in [-0.1, -0.05) is 0 Å². The van der Waals surface area contributed by atoms with Crippen LogP contribution in [0.4, 0.5) is 8.78 Å². The fraction of sp³-hybridized carbons (Fsp3) is 0.462. The number of benzene rings is 1. The van der Waals surface area contributed by atoms with Gasteiger partial charge in [-0.15, -0.1) is 0 Å². The molecule has 3 nitrogen and oxygen atoms in total. The van der Waals surface area contributed by atoms with Crippen LogP contribution in [0.15, 0.2) is 18.2 Å². The van der Waals surface area contributed by atoms with E-state index in [-0.39, 0.29) is 17.0 Å². The van der Waals surface area contributed by atoms with Crippen molar-refractivity contribution in [3.05, 3.63) is 35.4 Å². The van der Waals surface area contributed by atoms with E-state index in [2.05, 4.69) is 5.32 Å². The zero-order valence-corrected chi connectivity index (χ0v) is 10.5. The molecule has 1 aromatic carbocycles. The third-order valence-corrected chi connectivity index (χ3v) is 2.97. The van der Waals surface area contributed by atoms with Crippen molar-refractivity contribution in [3.63, 3.8) is 0 Å². The first kappa shape index (κ1) is 13.0. The average molecular weight is 254 g/mol. The average Bonchev–Trinajstić information content (AvgIpc) is 2.25. The van der Waals surface area contributed by atoms with Crippen LogP contribution in [0, 0.1) is 11.6 Å². The fourth-order valence-corrected chi connectivity index (χ4v) is 2.17. The second-order valence-electron chi connectivity index (χ2n) is 5.20. The predicted molar refractivity (Wildman–Crippen MR) is 64.3 cm³/mol. The number of piperazine rings is 1. The number of hydrogen-bond donors (Lipinski definition) is 1. The molecular formula is C13H16F2N2O. The number of carbonyl (C=O) groups is 1. The summed E-state index contributed by atoms with van der Waals surface area (Å²) < 4.78 is 26.2. The highest BCUT2D eigenvalue weighted by Crippen LogP contribution is 2.15. The monoisotopic (exact) mass is 254 g/mol. The van der Waals surface area contributed by atoms with Gasteiger partial charge < -0.3 is 10.2 Å². The number of halogens is 2. The van der Waals surface area contributed by atoms with Crippen LogP contribution in [0.2, 0.25) is 0 Å². The van der Waals surface area contributed by atoms with Crippen molar-refractivity contribution >= 4 is 5.91 Å². The Morgan fingerprint density at radius 2 is 1.89 bits per heavy atom. The summed E-state index contributed by atoms with van der Waals surface area (Å²) >= 11 is 0. The van der Waals surface area contributed by atoms with Gasteiger partial charge in [-0.25, -0.2) is 8.78 Å². The van der Waals surface area contributed by atoms with Gasteiger partial charge in [0.1, 0.15) is 11.6 Å². The maximum atomic E-state index is 13.1. The van der Waals surface area contributed by atoms with Gasteiger partial charge >= 0.3 is 0 Å². The molecule has 0 radical (unpaired) electrons. The van der Waals surface area contributed by atoms with E-state index in [1.54, 1.807) is 4.90 Å². The van der Waals surface area contributed by atoms with Crippen LogP contribution < -0.4 is 5.32 Å². The van der Waals surface area contributed by atoms with Gasteiger partial charge in [0.05, 0.1) is 0 Å². The molecule has 0 spiro atoms. The lowest BCUT2D eigenvalue weighted by atomic mass is 10.0. The van der Waals surface area contributed by atoms with Crippen LogP contribution in [0.5, 0.6) is 0 Å². The zero-order valence-electron chi connectivity index (χ0n) is 10.5. The molecule has 1 N–H and O–H groups in total. The summed E-state index contributed by atoms with van der Waals surface area (Å²) in [6, 6.07) is 2.90. The minimum absolute atomic E-state index is 0.0604. The predicted octanol–water partition coefficient (Wildman–Crippen LogP) is 1.79. The Morgan fingerprint density at radius 1 is 1.28 bits per heavy atom. The molecule has 2 rings (SSSR count). The molecule has 1 aromatic rings. The minimum atomic E-state index is -0.729. The summed E-state index contributed by atoms with van der Waals surface area (Å²) in [5.74, 6) is -1.79. The van der Waals surface area contributed by atoms with Crippen molar-refractivity contribution in [1.29, 1.82) is 0 Å². The molecule has 0 aromatic heterocycles. The summed E-state index contributed by atoms with van der Waals surface area (Å²) in [7, 11) is 0. The first-order chi connectivity index (χ1) is 8.37. The highest BCUT2D eigenvalue weighted by atomic mass is 19.1. The highest BCUT2D eigenvalue weighted by molar-refractivity contribution is 5.94. The summed E-state index contributed by atoms with van der Waals surface area (Å²) in [5, 5.41) is 3.28. The van der Waals surface area contributed by atoms with E-state index in [1.165, 1.54) is 0 Å². The van der Waals surface area contributed by atoms with Crippen molar-refractivity contribution in [2.75, 3.05) is 19.6 Å². The third kappa shape index (κ3) is 2.85. The minimum Gasteiger partial charge on any atom is -0.336 e. The summed E-state index contributed by atoms with van der Waals surface area (Å²) in [6.45, 7) is 5.71. The summed E-state index contributed by atoms with van der Waals surface area (Å²) in [6.07, 6.45) is 0. The van der Waals surface area contributed by atoms with Crippen LogP contribution in [0.3, 0.4) is 0 Å². The summed E-state index contributed by atoms with van der Waals surface area (Å²) in [4.78, 5) is 13.8. The number of rotatable bonds is 1. The lowest BCUT2D eigenvalue weighted by Gasteiger charge is -2.39. The smallest absolute Gasteiger partial charge is 0.254 e. The third-order valence-electron chi connectivity index (χ3n) is 2.97. The van der Waals surface area contributed by atoms with Crippen molar-refractivity contribution < 1.29 is 13.6 Å². The number of nitrogens with one attached hydrogen (secondary N) is 1. The maximum absolute atomic E-state index is 13.1. The van der Waals surface area contributed by atoms with Crippen molar-refractivity contribution in [2.24, 2.45) is 0 Å². The van der Waals surface area contributed by atoms with E-state index < -0.39 is 11.6 Å². The van der Waals surface area contributed by atoms with Gasteiger partial charge in [-0.3, -0.25) is 4.79 Å². The molecule has 18 heavy (non-hydrogen) atoms. The number of nitrogens with zero attached hydrogens (tertiary/aromatic N) is 1. The number of hydrogen-bond acceptors (Lipinski definition) is 2. The largest absolute Gasteiger partial charge is 0.336 e. The zero-order chi connectivity index (χ0) is 13.3. The molecule has 1 saturated heterocycles. The molecule has 1 aliphatic rings. The molecule has 0 bridgehead atoms. The molecule has 5 heteroatoms. The van der Waals surface area contributed by atoms with E-state index in [1.807, 2.05) is 13.8 Å². The van der Waals surface area contributed by atoms with Gasteiger partial charge in [0.15, 0.2) is 0 Å². The molecule has 1 aliphatic heterocycles. The maximum Gasteiger partial charge on any atom is 0.254 e. The second kappa shape index (κ2) is 4.65. The quantitative estimate of drug-likeness (QED) is 0.828. The number of amides is 1. The Hall–Kier alpha value is -1.49. The highest BCUT2D eigenvalue weighted by Gasteiger charge is 2.29. The SMILES string of the molecule is CC1(C)CN(C(=O)c2cc(F)cc(F)c2)CCN1. The Bertz CT molecular complexity index is 454. The van der Waals surface area contributed by atoms with E-state index in [4.69, 9.17) is 0 Å². The molecule has 0 unspecified atom stereocenters. The first-order valence-corrected chi connectivity index (χ1v) is 5.88. The lowest BCUT2D eigenvalue weighted by Crippen LogP contribution is -2.58. The van der Waals surface area contributed by atoms with Gasteiger partial charge in [-0.05, 0) is 26.0 Å². The van der Waals surface area contributed by atoms with Gasteiger partial charge in [0, 0.05) is 36.8 Å². The lowest BCUT2D eigenvalue weighted by molar-refractivity contribution is 0.0651. The molecular weight excluding hydrogens is 238 g/mol. The number of carbonyl (C=O) groups excluding carboxylic acids is 1. The Labute approximate surface area is 105 Å². The van der Waals surface area contributed by atoms with Gasteiger partial charge in [0.25, 0.3) is 5.91 Å². The van der Waals surface area contributed by atoms with Crippen LogP contribution in [0.25, 0.3) is 0 Å². The van der Waals surface area contributed by atoms with Crippen molar-refractivity contribution in [2.45, 2.75) is 19.4 Å². The van der Waals surface area contributed by atoms with Gasteiger partial charge in [0.2, 0.25) is 0 Å². The van der Waals surface area contributed by atoms with Crippen molar-refractivity contribution in [1.82, 2.24) is 10.2 Å². The molecule has 1 amide bonds. The molecule has 1 fully saturated rings. The molecule has 98 valence electrons. The summed E-state index contributed by atoms with van der Waals surface area (Å²) in [5.41, 5.74) is -0.120. The van der Waals surface area contributed by atoms with Crippen LogP contribution in [0.1, 0.15) is 24.2 Å². The Morgan fingerprint density at radius 3 is 2.44 bits per heavy atom. The van der Waals surface area contributed by atoms with Crippen LogP contribution >= 0.6 is 0 Å². The molecule has 1 heterocycles. The van der Waals surface area contributed by atoms with Gasteiger partial charge in [-0.2, -0.15) is 0 Å². The fourth-order valence-electron chi connectivity index (χ4n) is 2.17. The van der Waals surface area contributed by atoms with E-state index in [0.717, 1.165) is 18.2 Å². The standard InChI is InChI=1S/C13H16F2N2O/c1-13(2)8-17(4-3-16-13)12(18)9-5-10(14)7-11(15)6-9/h5-7,16H,3-4,8H2,1-2H3. The Kier molecular flexibility index (Phi) is 3.34. The van der Waals surface area contributed by atoms with Crippen molar-refractivity contribution in [3.8, 4) is 0 Å².